The molecule has 3 aliphatic rings. The zero-order valence-corrected chi connectivity index (χ0v) is 18.6. The summed E-state index contributed by atoms with van der Waals surface area (Å²) in [4.78, 5) is 21.2. The van der Waals surface area contributed by atoms with E-state index in [1.807, 2.05) is 48.2 Å². The van der Waals surface area contributed by atoms with Gasteiger partial charge in [-0.3, -0.25) is 4.79 Å². The molecule has 1 amide bonds. The standard InChI is InChI=1S/C21H21N3O5S2/c1-23(2)14-4-6-15(7-5-14)24-16-10-31(26,27)11-19(16)30-21(24)22-20(25)13-3-8-17-18(9-13)29-12-28-17/h3-9,16,19H,10-12H2,1-2H3/t16-,19-/m1/s1. The average Bonchev–Trinajstić information content (AvgIpc) is 3.39. The largest absolute Gasteiger partial charge is 0.454 e. The molecule has 0 bridgehead atoms. The van der Waals surface area contributed by atoms with Crippen LogP contribution in [0.3, 0.4) is 0 Å². The van der Waals surface area contributed by atoms with Crippen LogP contribution in [-0.2, 0) is 9.84 Å². The van der Waals surface area contributed by atoms with Crippen molar-refractivity contribution in [2.75, 3.05) is 42.2 Å². The van der Waals surface area contributed by atoms with Crippen LogP contribution in [0.25, 0.3) is 0 Å². The third kappa shape index (κ3) is 3.74. The van der Waals surface area contributed by atoms with Crippen LogP contribution in [-0.4, -0.2) is 63.2 Å². The molecule has 0 saturated carbocycles. The van der Waals surface area contributed by atoms with Gasteiger partial charge in [0.15, 0.2) is 26.5 Å². The molecule has 0 radical (unpaired) electrons. The number of ether oxygens (including phenoxy) is 2. The number of fused-ring (bicyclic) bond motifs is 2. The third-order valence-electron chi connectivity index (χ3n) is 5.53. The molecular weight excluding hydrogens is 438 g/mol. The monoisotopic (exact) mass is 459 g/mol. The molecule has 0 aromatic heterocycles. The Morgan fingerprint density at radius 2 is 1.84 bits per heavy atom. The molecule has 8 nitrogen and oxygen atoms in total. The second-order valence-corrected chi connectivity index (χ2v) is 11.2. The van der Waals surface area contributed by atoms with Gasteiger partial charge in [0.05, 0.1) is 17.5 Å². The molecule has 0 aliphatic carbocycles. The molecule has 0 unspecified atom stereocenters. The molecule has 0 spiro atoms. The highest BCUT2D eigenvalue weighted by atomic mass is 32.2. The minimum absolute atomic E-state index is 0.0529. The van der Waals surface area contributed by atoms with E-state index in [0.717, 1.165) is 11.4 Å². The number of aliphatic imine (C=N–C) groups is 1. The minimum atomic E-state index is -3.12. The summed E-state index contributed by atoms with van der Waals surface area (Å²) in [5, 5.41) is 0.368. The highest BCUT2D eigenvalue weighted by Crippen LogP contribution is 2.41. The minimum Gasteiger partial charge on any atom is -0.454 e. The van der Waals surface area contributed by atoms with E-state index in [1.165, 1.54) is 11.8 Å². The number of amidine groups is 1. The highest BCUT2D eigenvalue weighted by molar-refractivity contribution is 8.16. The van der Waals surface area contributed by atoms with E-state index in [0.29, 0.717) is 22.2 Å². The lowest BCUT2D eigenvalue weighted by Gasteiger charge is -2.25. The molecular formula is C21H21N3O5S2. The molecule has 2 aromatic carbocycles. The van der Waals surface area contributed by atoms with Gasteiger partial charge in [0.2, 0.25) is 6.79 Å². The van der Waals surface area contributed by atoms with E-state index in [4.69, 9.17) is 9.47 Å². The van der Waals surface area contributed by atoms with Crippen LogP contribution in [0.4, 0.5) is 11.4 Å². The number of rotatable bonds is 3. The Bertz CT molecular complexity index is 1180. The number of amides is 1. The zero-order valence-electron chi connectivity index (χ0n) is 17.0. The van der Waals surface area contributed by atoms with Crippen molar-refractivity contribution in [2.45, 2.75) is 11.3 Å². The number of thioether (sulfide) groups is 1. The molecule has 0 N–H and O–H groups in total. The molecule has 3 heterocycles. The second-order valence-electron chi connectivity index (χ2n) is 7.85. The molecule has 2 aromatic rings. The van der Waals surface area contributed by atoms with Crippen molar-refractivity contribution in [1.29, 1.82) is 0 Å². The number of benzene rings is 2. The van der Waals surface area contributed by atoms with E-state index in [1.54, 1.807) is 18.2 Å². The molecule has 3 aliphatic heterocycles. The van der Waals surface area contributed by atoms with Gasteiger partial charge in [0.1, 0.15) is 0 Å². The number of sulfone groups is 1. The van der Waals surface area contributed by atoms with Crippen molar-refractivity contribution >= 4 is 44.0 Å². The Kier molecular flexibility index (Phi) is 4.86. The normalized spacial score (nSPS) is 24.5. The highest BCUT2D eigenvalue weighted by Gasteiger charge is 2.49. The Hall–Kier alpha value is -2.72. The topological polar surface area (TPSA) is 88.5 Å². The fraction of sp³-hybridized carbons (Fsp3) is 0.333. The van der Waals surface area contributed by atoms with Gasteiger partial charge >= 0.3 is 0 Å². The van der Waals surface area contributed by atoms with Gasteiger partial charge in [-0.15, -0.1) is 0 Å². The molecule has 2 saturated heterocycles. The van der Waals surface area contributed by atoms with Gasteiger partial charge in [-0.2, -0.15) is 4.99 Å². The lowest BCUT2D eigenvalue weighted by Crippen LogP contribution is -2.37. The first-order valence-corrected chi connectivity index (χ1v) is 12.5. The van der Waals surface area contributed by atoms with Gasteiger partial charge in [-0.05, 0) is 42.5 Å². The lowest BCUT2D eigenvalue weighted by molar-refractivity contribution is 0.100. The maximum absolute atomic E-state index is 12.9. The van der Waals surface area contributed by atoms with Gasteiger partial charge < -0.3 is 19.3 Å². The molecule has 2 atom stereocenters. The van der Waals surface area contributed by atoms with Crippen molar-refractivity contribution in [1.82, 2.24) is 0 Å². The van der Waals surface area contributed by atoms with E-state index in [-0.39, 0.29) is 29.6 Å². The molecule has 2 fully saturated rings. The van der Waals surface area contributed by atoms with Gasteiger partial charge in [-0.1, -0.05) is 11.8 Å². The van der Waals surface area contributed by atoms with E-state index < -0.39 is 15.7 Å². The number of nitrogens with zero attached hydrogens (tertiary/aromatic N) is 3. The Balaban J connectivity index is 1.49. The summed E-state index contributed by atoms with van der Waals surface area (Å²) in [6.45, 7) is 0.131. The van der Waals surface area contributed by atoms with Crippen LogP contribution in [0.5, 0.6) is 11.5 Å². The maximum Gasteiger partial charge on any atom is 0.279 e. The number of hydrogen-bond acceptors (Lipinski definition) is 7. The van der Waals surface area contributed by atoms with Crippen molar-refractivity contribution < 1.29 is 22.7 Å². The maximum atomic E-state index is 12.9. The predicted molar refractivity (Wildman–Crippen MR) is 121 cm³/mol. The Morgan fingerprint density at radius 3 is 2.58 bits per heavy atom. The molecule has 10 heteroatoms. The number of carbonyl (C=O) groups is 1. The van der Waals surface area contributed by atoms with Crippen LogP contribution in [0.1, 0.15) is 10.4 Å². The van der Waals surface area contributed by atoms with E-state index in [9.17, 15) is 13.2 Å². The van der Waals surface area contributed by atoms with Crippen molar-refractivity contribution in [2.24, 2.45) is 4.99 Å². The van der Waals surface area contributed by atoms with Crippen LogP contribution in [0.15, 0.2) is 47.5 Å². The fourth-order valence-electron chi connectivity index (χ4n) is 3.96. The second kappa shape index (κ2) is 7.45. The van der Waals surface area contributed by atoms with Crippen LogP contribution in [0, 0.1) is 0 Å². The summed E-state index contributed by atoms with van der Waals surface area (Å²) in [7, 11) is 0.791. The number of hydrogen-bond donors (Lipinski definition) is 0. The lowest BCUT2D eigenvalue weighted by atomic mass is 10.2. The van der Waals surface area contributed by atoms with Crippen molar-refractivity contribution in [3.63, 3.8) is 0 Å². The molecule has 162 valence electrons. The average molecular weight is 460 g/mol. The summed E-state index contributed by atoms with van der Waals surface area (Å²) in [6, 6.07) is 12.5. The summed E-state index contributed by atoms with van der Waals surface area (Å²) >= 11 is 1.36. The van der Waals surface area contributed by atoms with Crippen molar-refractivity contribution in [3.8, 4) is 11.5 Å². The Morgan fingerprint density at radius 1 is 1.10 bits per heavy atom. The summed E-state index contributed by atoms with van der Waals surface area (Å²) in [5.74, 6) is 0.855. The van der Waals surface area contributed by atoms with Gasteiger partial charge in [-0.25, -0.2) is 8.42 Å². The zero-order chi connectivity index (χ0) is 21.8. The van der Waals surface area contributed by atoms with Gasteiger partial charge in [0.25, 0.3) is 5.91 Å². The van der Waals surface area contributed by atoms with E-state index >= 15 is 0 Å². The van der Waals surface area contributed by atoms with Crippen LogP contribution < -0.4 is 19.3 Å². The quantitative estimate of drug-likeness (QED) is 0.692. The first kappa shape index (κ1) is 20.2. The van der Waals surface area contributed by atoms with Crippen LogP contribution in [0.2, 0.25) is 0 Å². The molecule has 31 heavy (non-hydrogen) atoms. The SMILES string of the molecule is CN(C)c1ccc(N2C(=NC(=O)c3ccc4c(c3)OCO4)S[C@@H]3CS(=O)(=O)C[C@H]32)cc1. The summed E-state index contributed by atoms with van der Waals surface area (Å²) in [5.41, 5.74) is 2.24. The molecule has 5 rings (SSSR count). The van der Waals surface area contributed by atoms with E-state index in [2.05, 4.69) is 4.99 Å². The third-order valence-corrected chi connectivity index (χ3v) is 8.74. The Labute approximate surface area is 184 Å². The summed E-state index contributed by atoms with van der Waals surface area (Å²) < 4.78 is 35.1. The van der Waals surface area contributed by atoms with Crippen LogP contribution >= 0.6 is 11.8 Å². The van der Waals surface area contributed by atoms with Crippen molar-refractivity contribution in [3.05, 3.63) is 48.0 Å². The predicted octanol–water partition coefficient (Wildman–Crippen LogP) is 2.40. The van der Waals surface area contributed by atoms with Gasteiger partial charge in [0, 0.05) is 36.3 Å². The fourth-order valence-corrected chi connectivity index (χ4v) is 7.87. The first-order valence-electron chi connectivity index (χ1n) is 9.77. The number of carbonyl (C=O) groups excluding carboxylic acids is 1. The number of anilines is 2. The summed E-state index contributed by atoms with van der Waals surface area (Å²) in [6.07, 6.45) is 0. The smallest absolute Gasteiger partial charge is 0.279 e. The first-order chi connectivity index (χ1) is 14.8.